The van der Waals surface area contributed by atoms with Crippen LogP contribution < -0.4 is 14.8 Å². The summed E-state index contributed by atoms with van der Waals surface area (Å²) in [6.45, 7) is 9.94. The molecule has 13 heteroatoms. The van der Waals surface area contributed by atoms with Gasteiger partial charge >= 0.3 is 0 Å². The van der Waals surface area contributed by atoms with Crippen LogP contribution in [0.1, 0.15) is 60.3 Å². The van der Waals surface area contributed by atoms with Crippen molar-refractivity contribution in [2.24, 2.45) is 0 Å². The molecular weight excluding hydrogens is 550 g/mol. The Balaban J connectivity index is 1.82. The minimum Gasteiger partial charge on any atom is -0.437 e. The highest BCUT2D eigenvalue weighted by Crippen LogP contribution is 2.36. The van der Waals surface area contributed by atoms with Crippen molar-refractivity contribution in [1.82, 2.24) is 19.8 Å². The molecule has 0 saturated carbocycles. The van der Waals surface area contributed by atoms with Gasteiger partial charge in [0.05, 0.1) is 16.7 Å². The largest absolute Gasteiger partial charge is 0.437 e. The minimum absolute atomic E-state index is 0.0676. The number of rotatable bonds is 11. The molecule has 1 saturated heterocycles. The first-order valence-electron chi connectivity index (χ1n) is 13.5. The van der Waals surface area contributed by atoms with E-state index in [0.717, 1.165) is 30.0 Å². The maximum Gasteiger partial charge on any atom is 0.272 e. The van der Waals surface area contributed by atoms with Crippen molar-refractivity contribution in [2.45, 2.75) is 70.9 Å². The van der Waals surface area contributed by atoms with E-state index in [0.29, 0.717) is 30.8 Å². The Morgan fingerprint density at radius 2 is 2.00 bits per heavy atom. The van der Waals surface area contributed by atoms with Crippen molar-refractivity contribution in [3.8, 4) is 17.3 Å². The molecule has 0 radical (unpaired) electrons. The Kier molecular flexibility index (Phi) is 9.10. The lowest BCUT2D eigenvalue weighted by molar-refractivity contribution is -0.385. The van der Waals surface area contributed by atoms with E-state index in [-0.39, 0.29) is 23.4 Å². The van der Waals surface area contributed by atoms with E-state index in [4.69, 9.17) is 9.47 Å². The number of nitro groups is 1. The lowest BCUT2D eigenvalue weighted by Gasteiger charge is -2.17. The van der Waals surface area contributed by atoms with Gasteiger partial charge in [-0.05, 0) is 70.2 Å². The molecule has 12 nitrogen and oxygen atoms in total. The number of nitrogens with zero attached hydrogens (tertiary/aromatic N) is 3. The van der Waals surface area contributed by atoms with E-state index >= 15 is 0 Å². The van der Waals surface area contributed by atoms with Crippen LogP contribution in [0.15, 0.2) is 41.3 Å². The van der Waals surface area contributed by atoms with Crippen molar-refractivity contribution < 1.29 is 27.6 Å². The second kappa shape index (κ2) is 12.4. The van der Waals surface area contributed by atoms with Crippen LogP contribution in [0, 0.1) is 30.9 Å². The zero-order valence-corrected chi connectivity index (χ0v) is 24.6. The van der Waals surface area contributed by atoms with Crippen molar-refractivity contribution in [3.05, 3.63) is 68.9 Å². The zero-order chi connectivity index (χ0) is 29.9. The fourth-order valence-corrected chi connectivity index (χ4v) is 5.92. The van der Waals surface area contributed by atoms with Gasteiger partial charge in [0.15, 0.2) is 5.69 Å². The molecule has 4 rings (SSSR count). The van der Waals surface area contributed by atoms with Crippen molar-refractivity contribution in [2.75, 3.05) is 13.2 Å². The molecule has 1 aliphatic rings. The Morgan fingerprint density at radius 3 is 2.66 bits per heavy atom. The summed E-state index contributed by atoms with van der Waals surface area (Å²) in [4.78, 5) is 23.7. The quantitative estimate of drug-likeness (QED) is 0.247. The van der Waals surface area contributed by atoms with E-state index < -0.39 is 37.5 Å². The van der Waals surface area contributed by atoms with E-state index in [1.165, 1.54) is 16.8 Å². The Morgan fingerprint density at radius 1 is 1.24 bits per heavy atom. The number of benzene rings is 2. The summed E-state index contributed by atoms with van der Waals surface area (Å²) in [7, 11) is -4.21. The number of sulfonamides is 1. The summed E-state index contributed by atoms with van der Waals surface area (Å²) in [5, 5.41) is 19.0. The van der Waals surface area contributed by atoms with E-state index in [1.807, 2.05) is 39.0 Å². The van der Waals surface area contributed by atoms with Crippen LogP contribution in [0.25, 0.3) is 5.69 Å². The second-order valence-corrected chi connectivity index (χ2v) is 11.9. The molecule has 3 aromatic rings. The molecule has 0 bridgehead atoms. The molecule has 1 aliphatic heterocycles. The van der Waals surface area contributed by atoms with Crippen LogP contribution in [0.3, 0.4) is 0 Å². The smallest absolute Gasteiger partial charge is 0.272 e. The van der Waals surface area contributed by atoms with Gasteiger partial charge in [-0.2, -0.15) is 9.78 Å². The van der Waals surface area contributed by atoms with Gasteiger partial charge in [0.2, 0.25) is 15.9 Å². The van der Waals surface area contributed by atoms with Crippen LogP contribution in [-0.2, 0) is 14.8 Å². The van der Waals surface area contributed by atoms with Gasteiger partial charge in [-0.1, -0.05) is 19.1 Å². The lowest BCUT2D eigenvalue weighted by atomic mass is 10.1. The highest BCUT2D eigenvalue weighted by atomic mass is 32.2. The predicted molar refractivity (Wildman–Crippen MR) is 152 cm³/mol. The van der Waals surface area contributed by atoms with Crippen LogP contribution in [0.2, 0.25) is 0 Å². The lowest BCUT2D eigenvalue weighted by Crippen LogP contribution is -2.32. The number of hydrogen-bond acceptors (Lipinski definition) is 8. The molecule has 0 aliphatic carbocycles. The van der Waals surface area contributed by atoms with Gasteiger partial charge in [0.25, 0.3) is 11.6 Å². The first kappa shape index (κ1) is 30.2. The molecule has 0 unspecified atom stereocenters. The fourth-order valence-electron chi connectivity index (χ4n) is 4.44. The number of non-ortho nitro benzene ring substituents is 1. The van der Waals surface area contributed by atoms with Gasteiger partial charge in [0, 0.05) is 36.9 Å². The number of aromatic nitrogens is 2. The van der Waals surface area contributed by atoms with Crippen LogP contribution >= 0.6 is 0 Å². The number of nitrogens with one attached hydrogen (secondary N) is 2. The highest BCUT2D eigenvalue weighted by molar-refractivity contribution is 7.89. The molecule has 0 spiro atoms. The van der Waals surface area contributed by atoms with Gasteiger partial charge in [-0.3, -0.25) is 14.9 Å². The summed E-state index contributed by atoms with van der Waals surface area (Å²) in [5.74, 6) is -0.469. The maximum atomic E-state index is 13.3. The number of hydrogen-bond donors (Lipinski definition) is 2. The third-order valence-corrected chi connectivity index (χ3v) is 8.60. The van der Waals surface area contributed by atoms with Crippen molar-refractivity contribution >= 4 is 21.6 Å². The van der Waals surface area contributed by atoms with Gasteiger partial charge in [0.1, 0.15) is 10.6 Å². The fraction of sp³-hybridized carbons (Fsp3) is 0.429. The minimum atomic E-state index is -4.21. The number of aryl methyl sites for hydroxylation is 2. The number of nitro benzene ring substituents is 1. The topological polar surface area (TPSA) is 155 Å². The van der Waals surface area contributed by atoms with E-state index in [9.17, 15) is 23.3 Å². The summed E-state index contributed by atoms with van der Waals surface area (Å²) in [5.41, 5.74) is 2.46. The summed E-state index contributed by atoms with van der Waals surface area (Å²) >= 11 is 0. The van der Waals surface area contributed by atoms with Gasteiger partial charge < -0.3 is 14.8 Å². The first-order valence-corrected chi connectivity index (χ1v) is 14.9. The molecule has 2 N–H and O–H groups in total. The number of ether oxygens (including phenoxy) is 2. The van der Waals surface area contributed by atoms with Crippen LogP contribution in [0.5, 0.6) is 11.6 Å². The standard InChI is InChI=1S/C28H35N5O7S/c1-6-19(4)31-41(37,38)25-15-21(33(35)36)11-12-24(25)40-28-20(5)26(27(34)29-16-22-8-7-13-39-22)30-32(28)23-14-17(2)9-10-18(23)3/h9-12,14-15,19,22,31H,6-8,13,16H2,1-5H3,(H,29,34)/t19-,22+/m1/s1. The number of carbonyl (C=O) groups excluding carboxylic acids is 1. The first-order chi connectivity index (χ1) is 19.4. The van der Waals surface area contributed by atoms with Crippen molar-refractivity contribution in [1.29, 1.82) is 0 Å². The highest BCUT2D eigenvalue weighted by Gasteiger charge is 2.29. The molecular formula is C28H35N5O7S. The van der Waals surface area contributed by atoms with Gasteiger partial charge in [-0.25, -0.2) is 13.1 Å². The molecule has 2 atom stereocenters. The Hall–Kier alpha value is -3.81. The average molecular weight is 586 g/mol. The van der Waals surface area contributed by atoms with Crippen LogP contribution in [0.4, 0.5) is 5.69 Å². The molecule has 2 aromatic carbocycles. The molecule has 220 valence electrons. The average Bonchev–Trinajstić information content (AvgIpc) is 3.56. The molecule has 2 heterocycles. The molecule has 41 heavy (non-hydrogen) atoms. The third-order valence-electron chi connectivity index (χ3n) is 6.99. The maximum absolute atomic E-state index is 13.3. The van der Waals surface area contributed by atoms with E-state index in [2.05, 4.69) is 15.1 Å². The summed E-state index contributed by atoms with van der Waals surface area (Å²) in [6.07, 6.45) is 2.23. The van der Waals surface area contributed by atoms with E-state index in [1.54, 1.807) is 13.8 Å². The molecule has 1 amide bonds. The second-order valence-electron chi connectivity index (χ2n) is 10.2. The van der Waals surface area contributed by atoms with Crippen molar-refractivity contribution in [3.63, 3.8) is 0 Å². The summed E-state index contributed by atoms with van der Waals surface area (Å²) < 4.78 is 42.5. The Labute approximate surface area is 239 Å². The summed E-state index contributed by atoms with van der Waals surface area (Å²) in [6, 6.07) is 8.66. The number of amides is 1. The van der Waals surface area contributed by atoms with Gasteiger partial charge in [-0.15, -0.1) is 0 Å². The predicted octanol–water partition coefficient (Wildman–Crippen LogP) is 4.48. The Bertz CT molecular complexity index is 1560. The normalized spacial score (nSPS) is 16.0. The SMILES string of the molecule is CC[C@@H](C)NS(=O)(=O)c1cc([N+](=O)[O-])ccc1Oc1c(C)c(C(=O)NC[C@@H]2CCCO2)nn1-c1cc(C)ccc1C. The zero-order valence-electron chi connectivity index (χ0n) is 23.8. The monoisotopic (exact) mass is 585 g/mol. The molecule has 1 fully saturated rings. The molecule has 1 aromatic heterocycles. The third kappa shape index (κ3) is 6.75. The van der Waals surface area contributed by atoms with Crippen LogP contribution in [-0.4, -0.2) is 54.3 Å². The number of carbonyl (C=O) groups is 1.